The van der Waals surface area contributed by atoms with Gasteiger partial charge in [0.2, 0.25) is 0 Å². The van der Waals surface area contributed by atoms with Gasteiger partial charge in [-0.2, -0.15) is 0 Å². The molecule has 0 N–H and O–H groups in total. The Hall–Kier alpha value is -1.27. The van der Waals surface area contributed by atoms with Crippen molar-refractivity contribution in [1.82, 2.24) is 0 Å². The van der Waals surface area contributed by atoms with E-state index >= 15 is 0 Å². The molecule has 0 bridgehead atoms. The van der Waals surface area contributed by atoms with E-state index in [1.807, 2.05) is 0 Å². The summed E-state index contributed by atoms with van der Waals surface area (Å²) in [7, 11) is 0. The number of esters is 1. The highest BCUT2D eigenvalue weighted by atomic mass is 16.5. The first kappa shape index (κ1) is 11.7. The van der Waals surface area contributed by atoms with Crippen LogP contribution in [0.2, 0.25) is 0 Å². The first-order valence-corrected chi connectivity index (χ1v) is 4.03. The van der Waals surface area contributed by atoms with E-state index in [2.05, 4.69) is 16.6 Å². The Kier molecular flexibility index (Phi) is 7.96. The maximum Gasteiger partial charge on any atom is 0.302 e. The molecule has 0 saturated carbocycles. The molecular weight excluding hydrogens is 168 g/mol. The molecule has 0 saturated heterocycles. The van der Waals surface area contributed by atoms with Crippen LogP contribution in [0.15, 0.2) is 12.2 Å². The molecule has 13 heavy (non-hydrogen) atoms. The van der Waals surface area contributed by atoms with E-state index in [9.17, 15) is 4.79 Å². The Balaban J connectivity index is 3.20. The van der Waals surface area contributed by atoms with Crippen LogP contribution in [0.25, 0.3) is 0 Å². The summed E-state index contributed by atoms with van der Waals surface area (Å²) in [5, 5.41) is 0. The van der Waals surface area contributed by atoms with Crippen molar-refractivity contribution in [1.29, 1.82) is 0 Å². The SMILES string of the molecule is CC#CCOC/C=C\COC(C)=O. The van der Waals surface area contributed by atoms with Crippen molar-refractivity contribution in [3.63, 3.8) is 0 Å². The van der Waals surface area contributed by atoms with Gasteiger partial charge in [0.05, 0.1) is 6.61 Å². The minimum absolute atomic E-state index is 0.276. The average Bonchev–Trinajstić information content (AvgIpc) is 2.09. The average molecular weight is 182 g/mol. The first-order chi connectivity index (χ1) is 6.27. The number of hydrogen-bond donors (Lipinski definition) is 0. The molecule has 0 fully saturated rings. The lowest BCUT2D eigenvalue weighted by Gasteiger charge is -1.95. The molecule has 3 heteroatoms. The van der Waals surface area contributed by atoms with Gasteiger partial charge in [0.25, 0.3) is 0 Å². The topological polar surface area (TPSA) is 35.5 Å². The standard InChI is InChI=1S/C10H14O3/c1-3-4-7-12-8-5-6-9-13-10(2)11/h5-6H,7-9H2,1-2H3/b6-5-. The van der Waals surface area contributed by atoms with Crippen molar-refractivity contribution in [3.05, 3.63) is 12.2 Å². The fourth-order valence-corrected chi connectivity index (χ4v) is 0.552. The maximum atomic E-state index is 10.3. The van der Waals surface area contributed by atoms with E-state index in [4.69, 9.17) is 4.74 Å². The molecule has 0 atom stereocenters. The largest absolute Gasteiger partial charge is 0.462 e. The minimum atomic E-state index is -0.276. The summed E-state index contributed by atoms with van der Waals surface area (Å²) in [6.07, 6.45) is 3.53. The monoisotopic (exact) mass is 182 g/mol. The maximum absolute atomic E-state index is 10.3. The Morgan fingerprint density at radius 1 is 1.38 bits per heavy atom. The van der Waals surface area contributed by atoms with Crippen LogP contribution >= 0.6 is 0 Å². The van der Waals surface area contributed by atoms with E-state index in [1.165, 1.54) is 6.92 Å². The molecule has 0 aliphatic heterocycles. The summed E-state index contributed by atoms with van der Waals surface area (Å²) in [4.78, 5) is 10.3. The van der Waals surface area contributed by atoms with E-state index in [1.54, 1.807) is 19.1 Å². The Bertz CT molecular complexity index is 220. The second-order valence-corrected chi connectivity index (χ2v) is 2.22. The summed E-state index contributed by atoms with van der Waals surface area (Å²) < 4.78 is 9.74. The van der Waals surface area contributed by atoms with Crippen molar-refractivity contribution in [3.8, 4) is 11.8 Å². The normalized spacial score (nSPS) is 9.38. The fraction of sp³-hybridized carbons (Fsp3) is 0.500. The third kappa shape index (κ3) is 10.7. The van der Waals surface area contributed by atoms with Crippen LogP contribution in [0.1, 0.15) is 13.8 Å². The molecule has 0 amide bonds. The van der Waals surface area contributed by atoms with Crippen molar-refractivity contribution in [2.75, 3.05) is 19.8 Å². The fourth-order valence-electron chi connectivity index (χ4n) is 0.552. The van der Waals surface area contributed by atoms with Gasteiger partial charge in [-0.3, -0.25) is 4.79 Å². The molecule has 0 aromatic rings. The molecule has 0 rings (SSSR count). The van der Waals surface area contributed by atoms with Crippen LogP contribution in [-0.4, -0.2) is 25.8 Å². The number of carbonyl (C=O) groups excluding carboxylic acids is 1. The lowest BCUT2D eigenvalue weighted by Crippen LogP contribution is -1.98. The highest BCUT2D eigenvalue weighted by molar-refractivity contribution is 5.65. The molecule has 0 aromatic carbocycles. The molecule has 0 aliphatic carbocycles. The molecule has 0 spiro atoms. The van der Waals surface area contributed by atoms with E-state index in [0.717, 1.165) is 0 Å². The number of hydrogen-bond acceptors (Lipinski definition) is 3. The van der Waals surface area contributed by atoms with Crippen molar-refractivity contribution in [2.24, 2.45) is 0 Å². The lowest BCUT2D eigenvalue weighted by molar-refractivity contribution is -0.139. The van der Waals surface area contributed by atoms with Crippen LogP contribution in [0.3, 0.4) is 0 Å². The number of rotatable bonds is 5. The molecule has 72 valence electrons. The highest BCUT2D eigenvalue weighted by Crippen LogP contribution is 1.80. The van der Waals surface area contributed by atoms with Gasteiger partial charge in [-0.25, -0.2) is 0 Å². The molecule has 0 radical (unpaired) electrons. The van der Waals surface area contributed by atoms with E-state index < -0.39 is 0 Å². The van der Waals surface area contributed by atoms with Crippen LogP contribution in [0, 0.1) is 11.8 Å². The quantitative estimate of drug-likeness (QED) is 0.277. The number of ether oxygens (including phenoxy) is 2. The second kappa shape index (κ2) is 8.82. The zero-order valence-electron chi connectivity index (χ0n) is 8.00. The van der Waals surface area contributed by atoms with Gasteiger partial charge in [-0.05, 0) is 13.0 Å². The summed E-state index contributed by atoms with van der Waals surface area (Å²) >= 11 is 0. The predicted octanol–water partition coefficient (Wildman–Crippen LogP) is 1.15. The van der Waals surface area contributed by atoms with Crippen molar-refractivity contribution in [2.45, 2.75) is 13.8 Å². The summed E-state index contributed by atoms with van der Waals surface area (Å²) in [5.74, 6) is 5.21. The zero-order chi connectivity index (χ0) is 9.94. The summed E-state index contributed by atoms with van der Waals surface area (Å²) in [6.45, 7) is 4.38. The second-order valence-electron chi connectivity index (χ2n) is 2.22. The molecule has 0 heterocycles. The van der Waals surface area contributed by atoms with Crippen molar-refractivity contribution < 1.29 is 14.3 Å². The predicted molar refractivity (Wildman–Crippen MR) is 50.0 cm³/mol. The van der Waals surface area contributed by atoms with Crippen LogP contribution in [-0.2, 0) is 14.3 Å². The zero-order valence-corrected chi connectivity index (χ0v) is 8.00. The molecular formula is C10H14O3. The van der Waals surface area contributed by atoms with Gasteiger partial charge in [0, 0.05) is 6.92 Å². The van der Waals surface area contributed by atoms with Gasteiger partial charge < -0.3 is 9.47 Å². The molecule has 0 aromatic heterocycles. The third-order valence-electron chi connectivity index (χ3n) is 1.11. The Labute approximate surface area is 78.7 Å². The van der Waals surface area contributed by atoms with Gasteiger partial charge in [-0.15, -0.1) is 5.92 Å². The highest BCUT2D eigenvalue weighted by Gasteiger charge is 1.86. The summed E-state index contributed by atoms with van der Waals surface area (Å²) in [5.41, 5.74) is 0. The smallest absolute Gasteiger partial charge is 0.302 e. The molecule has 3 nitrogen and oxygen atoms in total. The molecule has 0 aliphatic rings. The molecule has 0 unspecified atom stereocenters. The van der Waals surface area contributed by atoms with Gasteiger partial charge in [0.1, 0.15) is 13.2 Å². The lowest BCUT2D eigenvalue weighted by atomic mass is 10.5. The van der Waals surface area contributed by atoms with Gasteiger partial charge >= 0.3 is 5.97 Å². The Morgan fingerprint density at radius 3 is 2.69 bits per heavy atom. The number of carbonyl (C=O) groups is 1. The van der Waals surface area contributed by atoms with E-state index in [-0.39, 0.29) is 5.97 Å². The van der Waals surface area contributed by atoms with E-state index in [0.29, 0.717) is 19.8 Å². The first-order valence-electron chi connectivity index (χ1n) is 4.03. The summed E-state index contributed by atoms with van der Waals surface area (Å²) in [6, 6.07) is 0. The minimum Gasteiger partial charge on any atom is -0.462 e. The van der Waals surface area contributed by atoms with Crippen molar-refractivity contribution >= 4 is 5.97 Å². The van der Waals surface area contributed by atoms with Gasteiger partial charge in [-0.1, -0.05) is 12.0 Å². The van der Waals surface area contributed by atoms with Gasteiger partial charge in [0.15, 0.2) is 0 Å². The van der Waals surface area contributed by atoms with Crippen LogP contribution in [0.4, 0.5) is 0 Å². The van der Waals surface area contributed by atoms with Crippen LogP contribution in [0.5, 0.6) is 0 Å². The van der Waals surface area contributed by atoms with Crippen LogP contribution < -0.4 is 0 Å². The Morgan fingerprint density at radius 2 is 2.08 bits per heavy atom. The third-order valence-corrected chi connectivity index (χ3v) is 1.11.